The lowest BCUT2D eigenvalue weighted by molar-refractivity contribution is -0.894. The van der Waals surface area contributed by atoms with E-state index in [0.717, 1.165) is 35.4 Å². The highest BCUT2D eigenvalue weighted by Gasteiger charge is 2.23. The van der Waals surface area contributed by atoms with Crippen molar-refractivity contribution < 1.29 is 18.8 Å². The second kappa shape index (κ2) is 8.82. The van der Waals surface area contributed by atoms with Crippen LogP contribution in [0.3, 0.4) is 0 Å². The lowest BCUT2D eigenvalue weighted by atomic mass is 10.1. The Hall–Kier alpha value is -2.12. The Kier molecular flexibility index (Phi) is 6.78. The van der Waals surface area contributed by atoms with Gasteiger partial charge in [0.15, 0.2) is 0 Å². The van der Waals surface area contributed by atoms with Gasteiger partial charge in [-0.3, -0.25) is 14.5 Å². The zero-order valence-electron chi connectivity index (χ0n) is 15.1. The molecule has 0 aliphatic carbocycles. The number of primary amides is 1. The molecular formula is C18H29N4O3+. The number of rotatable bonds is 9. The van der Waals surface area contributed by atoms with E-state index in [1.54, 1.807) is 0 Å². The average Bonchev–Trinajstić information content (AvgIpc) is 2.57. The summed E-state index contributed by atoms with van der Waals surface area (Å²) in [5, 5.41) is 2.43. The highest BCUT2D eigenvalue weighted by atomic mass is 16.5. The van der Waals surface area contributed by atoms with Crippen molar-refractivity contribution in [1.29, 1.82) is 0 Å². The summed E-state index contributed by atoms with van der Waals surface area (Å²) in [6.07, 6.45) is 0.865. The van der Waals surface area contributed by atoms with E-state index in [9.17, 15) is 9.59 Å². The van der Waals surface area contributed by atoms with Crippen molar-refractivity contribution in [2.24, 2.45) is 5.73 Å². The minimum absolute atomic E-state index is 0.371. The highest BCUT2D eigenvalue weighted by Crippen LogP contribution is 2.14. The predicted molar refractivity (Wildman–Crippen MR) is 96.1 cm³/mol. The third-order valence-electron chi connectivity index (χ3n) is 4.70. The molecule has 2 amide bonds. The molecule has 0 bridgehead atoms. The van der Waals surface area contributed by atoms with Crippen LogP contribution in [0.2, 0.25) is 0 Å². The second-order valence-electron chi connectivity index (χ2n) is 7.16. The largest absolute Gasteiger partial charge is 0.492 e. The Morgan fingerprint density at radius 1 is 1.32 bits per heavy atom. The summed E-state index contributed by atoms with van der Waals surface area (Å²) in [6, 6.07) is 6.85. The number of ether oxygens (including phenoxy) is 1. The van der Waals surface area contributed by atoms with Gasteiger partial charge in [0.05, 0.1) is 27.2 Å². The molecule has 7 heteroatoms. The minimum atomic E-state index is -0.689. The van der Waals surface area contributed by atoms with Gasteiger partial charge in [-0.1, -0.05) is 12.1 Å². The molecule has 0 spiro atoms. The summed E-state index contributed by atoms with van der Waals surface area (Å²) in [5.41, 5.74) is 6.18. The fourth-order valence-corrected chi connectivity index (χ4v) is 2.85. The lowest BCUT2D eigenvalue weighted by Crippen LogP contribution is -2.55. The molecule has 1 aromatic carbocycles. The molecule has 25 heavy (non-hydrogen) atoms. The van der Waals surface area contributed by atoms with Crippen LogP contribution < -0.4 is 15.8 Å². The molecule has 1 fully saturated rings. The summed E-state index contributed by atoms with van der Waals surface area (Å²) in [7, 11) is 4.53. The van der Waals surface area contributed by atoms with Crippen molar-refractivity contribution in [2.45, 2.75) is 12.5 Å². The Morgan fingerprint density at radius 2 is 1.96 bits per heavy atom. The molecule has 1 aliphatic heterocycles. The van der Waals surface area contributed by atoms with E-state index in [2.05, 4.69) is 24.3 Å². The number of nitrogens with two attached hydrogens (primary N) is 1. The molecule has 1 aliphatic rings. The van der Waals surface area contributed by atoms with Crippen LogP contribution in [-0.4, -0.2) is 81.2 Å². The number of nitrogens with one attached hydrogen (secondary N) is 1. The van der Waals surface area contributed by atoms with Crippen LogP contribution in [0.25, 0.3) is 0 Å². The van der Waals surface area contributed by atoms with E-state index in [1.807, 2.05) is 24.3 Å². The van der Waals surface area contributed by atoms with Crippen molar-refractivity contribution in [1.82, 2.24) is 10.2 Å². The van der Waals surface area contributed by atoms with E-state index in [0.29, 0.717) is 19.4 Å². The fourth-order valence-electron chi connectivity index (χ4n) is 2.85. The Labute approximate surface area is 149 Å². The maximum atomic E-state index is 11.3. The molecule has 0 unspecified atom stereocenters. The molecular weight excluding hydrogens is 320 g/mol. The smallest absolute Gasteiger partial charge is 0.240 e. The number of benzene rings is 1. The maximum Gasteiger partial charge on any atom is 0.240 e. The molecule has 1 atom stereocenters. The predicted octanol–water partition coefficient (Wildman–Crippen LogP) is -0.400. The summed E-state index contributed by atoms with van der Waals surface area (Å²) in [4.78, 5) is 24.2. The number of carbonyl (C=O) groups is 2. The number of amides is 2. The molecule has 1 heterocycles. The first-order valence-electron chi connectivity index (χ1n) is 8.65. The van der Waals surface area contributed by atoms with E-state index in [-0.39, 0.29) is 0 Å². The number of likely N-dealkylation sites (N-methyl/N-ethyl adjacent to an activating group) is 1. The van der Waals surface area contributed by atoms with Crippen LogP contribution in [0.4, 0.5) is 0 Å². The van der Waals surface area contributed by atoms with Gasteiger partial charge in [0.2, 0.25) is 12.3 Å². The highest BCUT2D eigenvalue weighted by molar-refractivity contribution is 5.82. The zero-order valence-corrected chi connectivity index (χ0v) is 15.1. The topological polar surface area (TPSA) is 84.7 Å². The van der Waals surface area contributed by atoms with Gasteiger partial charge in [-0.15, -0.1) is 0 Å². The Bertz CT molecular complexity index is 564. The number of hydrogen-bond acceptors (Lipinski definition) is 4. The third kappa shape index (κ3) is 6.36. The second-order valence-corrected chi connectivity index (χ2v) is 7.16. The summed E-state index contributed by atoms with van der Waals surface area (Å²) in [6.45, 7) is 6.13. The van der Waals surface area contributed by atoms with Crippen LogP contribution in [0.15, 0.2) is 24.3 Å². The van der Waals surface area contributed by atoms with E-state index in [1.165, 1.54) is 13.1 Å². The summed E-state index contributed by atoms with van der Waals surface area (Å²) < 4.78 is 6.89. The first-order valence-corrected chi connectivity index (χ1v) is 8.65. The average molecular weight is 349 g/mol. The first kappa shape index (κ1) is 19.2. The molecule has 1 aromatic rings. The standard InChI is InChI=1S/C18H28N4O3/c1-22(2)10-7-21(8-11-22)9-12-25-16-5-3-15(4-6-16)13-17(18(19)24)20-14-23/h3-6,14,17H,7-13H2,1-2H3,(H2-,19,20,23,24)/p+1/t17-/m0/s1. The van der Waals surface area contributed by atoms with Gasteiger partial charge in [0.1, 0.15) is 18.4 Å². The van der Waals surface area contributed by atoms with E-state index in [4.69, 9.17) is 10.5 Å². The van der Waals surface area contributed by atoms with Crippen LogP contribution in [0.1, 0.15) is 5.56 Å². The van der Waals surface area contributed by atoms with Crippen molar-refractivity contribution in [2.75, 3.05) is 53.4 Å². The van der Waals surface area contributed by atoms with Crippen molar-refractivity contribution in [3.8, 4) is 5.75 Å². The zero-order chi connectivity index (χ0) is 18.3. The number of nitrogens with zero attached hydrogens (tertiary/aromatic N) is 2. The quantitative estimate of drug-likeness (QED) is 0.469. The van der Waals surface area contributed by atoms with Crippen LogP contribution in [0.5, 0.6) is 5.75 Å². The van der Waals surface area contributed by atoms with Crippen molar-refractivity contribution in [3.05, 3.63) is 29.8 Å². The molecule has 0 radical (unpaired) electrons. The molecule has 0 saturated carbocycles. The minimum Gasteiger partial charge on any atom is -0.492 e. The van der Waals surface area contributed by atoms with Crippen LogP contribution in [0, 0.1) is 0 Å². The van der Waals surface area contributed by atoms with Gasteiger partial charge < -0.3 is 20.3 Å². The summed E-state index contributed by atoms with van der Waals surface area (Å²) >= 11 is 0. The van der Waals surface area contributed by atoms with Gasteiger partial charge in [0, 0.05) is 26.1 Å². The fraction of sp³-hybridized carbons (Fsp3) is 0.556. The number of hydrogen-bond donors (Lipinski definition) is 2. The van der Waals surface area contributed by atoms with Gasteiger partial charge in [-0.2, -0.15) is 0 Å². The monoisotopic (exact) mass is 349 g/mol. The van der Waals surface area contributed by atoms with Crippen LogP contribution in [-0.2, 0) is 16.0 Å². The number of carbonyl (C=O) groups excluding carboxylic acids is 2. The van der Waals surface area contributed by atoms with Crippen molar-refractivity contribution in [3.63, 3.8) is 0 Å². The number of piperazine rings is 1. The molecule has 1 saturated heterocycles. The van der Waals surface area contributed by atoms with E-state index >= 15 is 0 Å². The van der Waals surface area contributed by atoms with Gasteiger partial charge in [-0.25, -0.2) is 0 Å². The van der Waals surface area contributed by atoms with Crippen molar-refractivity contribution >= 4 is 12.3 Å². The SMILES string of the molecule is C[N+]1(C)CCN(CCOc2ccc(C[C@H](NC=O)C(N)=O)cc2)CC1. The molecule has 2 rings (SSSR count). The molecule has 3 N–H and O–H groups in total. The Balaban J connectivity index is 1.75. The lowest BCUT2D eigenvalue weighted by Gasteiger charge is -2.38. The third-order valence-corrected chi connectivity index (χ3v) is 4.70. The molecule has 7 nitrogen and oxygen atoms in total. The summed E-state index contributed by atoms with van der Waals surface area (Å²) in [5.74, 6) is 0.256. The van der Waals surface area contributed by atoms with E-state index < -0.39 is 11.9 Å². The van der Waals surface area contributed by atoms with Crippen LogP contribution >= 0.6 is 0 Å². The molecule has 138 valence electrons. The van der Waals surface area contributed by atoms with Gasteiger partial charge >= 0.3 is 0 Å². The Morgan fingerprint density at radius 3 is 2.52 bits per heavy atom. The van der Waals surface area contributed by atoms with Gasteiger partial charge in [0.25, 0.3) is 0 Å². The van der Waals surface area contributed by atoms with Gasteiger partial charge in [-0.05, 0) is 17.7 Å². The molecule has 0 aromatic heterocycles. The first-order chi connectivity index (χ1) is 11.9. The maximum absolute atomic E-state index is 11.3. The number of quaternary nitrogens is 1. The normalized spacial score (nSPS) is 18.3.